The van der Waals surface area contributed by atoms with Gasteiger partial charge in [0.1, 0.15) is 0 Å². The summed E-state index contributed by atoms with van der Waals surface area (Å²) in [6.45, 7) is 2.79. The molecule has 0 aliphatic carbocycles. The molecule has 1 aliphatic heterocycles. The Hall–Kier alpha value is -1.36. The van der Waals surface area contributed by atoms with E-state index < -0.39 is 0 Å². The lowest BCUT2D eigenvalue weighted by atomic mass is 9.94. The van der Waals surface area contributed by atoms with Gasteiger partial charge < -0.3 is 10.6 Å². The fraction of sp³-hybridized carbons (Fsp3) is 0.692. The summed E-state index contributed by atoms with van der Waals surface area (Å²) in [5.41, 5.74) is 1.15. The van der Waals surface area contributed by atoms with Gasteiger partial charge in [0, 0.05) is 38.3 Å². The molecule has 0 atom stereocenters. The van der Waals surface area contributed by atoms with Crippen LogP contribution < -0.4 is 10.6 Å². The minimum absolute atomic E-state index is 0.184. The Kier molecular flexibility index (Phi) is 4.75. The number of hydrogen-bond acceptors (Lipinski definition) is 3. The molecule has 2 rings (SSSR count). The Balaban J connectivity index is 1.64. The molecular formula is C13H22N4O. The van der Waals surface area contributed by atoms with Gasteiger partial charge in [0.15, 0.2) is 0 Å². The predicted molar refractivity (Wildman–Crippen MR) is 70.1 cm³/mol. The molecule has 0 bridgehead atoms. The van der Waals surface area contributed by atoms with Crippen LogP contribution in [0.2, 0.25) is 0 Å². The molecule has 1 aliphatic rings. The maximum atomic E-state index is 11.8. The van der Waals surface area contributed by atoms with E-state index in [9.17, 15) is 4.79 Å². The molecule has 1 aromatic heterocycles. The van der Waals surface area contributed by atoms with Gasteiger partial charge in [-0.2, -0.15) is 5.10 Å². The third-order valence-corrected chi connectivity index (χ3v) is 3.56. The van der Waals surface area contributed by atoms with Crippen LogP contribution in [0.4, 0.5) is 0 Å². The molecule has 2 heterocycles. The lowest BCUT2D eigenvalue weighted by molar-refractivity contribution is -0.122. The number of piperidine rings is 1. The first kappa shape index (κ1) is 13.1. The number of amides is 1. The van der Waals surface area contributed by atoms with Gasteiger partial charge in [-0.05, 0) is 37.9 Å². The van der Waals surface area contributed by atoms with E-state index in [0.717, 1.165) is 38.0 Å². The quantitative estimate of drug-likeness (QED) is 0.798. The number of nitrogens with one attached hydrogen (secondary N) is 2. The van der Waals surface area contributed by atoms with Crippen LogP contribution in [0.15, 0.2) is 12.3 Å². The lowest BCUT2D eigenvalue weighted by Crippen LogP contribution is -2.33. The Labute approximate surface area is 108 Å². The van der Waals surface area contributed by atoms with Gasteiger partial charge in [-0.3, -0.25) is 9.48 Å². The van der Waals surface area contributed by atoms with Crippen LogP contribution in [0, 0.1) is 5.92 Å². The minimum atomic E-state index is 0.184. The molecule has 0 aromatic carbocycles. The highest BCUT2D eigenvalue weighted by Gasteiger charge is 2.16. The maximum absolute atomic E-state index is 11.8. The molecule has 5 heteroatoms. The smallest absolute Gasteiger partial charge is 0.220 e. The lowest BCUT2D eigenvalue weighted by Gasteiger charge is -2.21. The summed E-state index contributed by atoms with van der Waals surface area (Å²) >= 11 is 0. The molecule has 18 heavy (non-hydrogen) atoms. The average Bonchev–Trinajstić information content (AvgIpc) is 2.76. The third-order valence-electron chi connectivity index (χ3n) is 3.56. The molecule has 0 radical (unpaired) electrons. The van der Waals surface area contributed by atoms with E-state index in [-0.39, 0.29) is 5.91 Å². The summed E-state index contributed by atoms with van der Waals surface area (Å²) in [6.07, 6.45) is 5.54. The zero-order valence-corrected chi connectivity index (χ0v) is 11.0. The first-order valence-electron chi connectivity index (χ1n) is 6.70. The van der Waals surface area contributed by atoms with Crippen molar-refractivity contribution in [2.24, 2.45) is 13.0 Å². The normalized spacial score (nSPS) is 16.7. The fourth-order valence-corrected chi connectivity index (χ4v) is 2.40. The zero-order chi connectivity index (χ0) is 12.8. The molecule has 0 saturated carbocycles. The Morgan fingerprint density at radius 1 is 1.56 bits per heavy atom. The minimum Gasteiger partial charge on any atom is -0.356 e. The molecule has 1 aromatic rings. The van der Waals surface area contributed by atoms with E-state index in [2.05, 4.69) is 15.7 Å². The highest BCUT2D eigenvalue weighted by atomic mass is 16.1. The van der Waals surface area contributed by atoms with E-state index in [1.54, 1.807) is 6.20 Å². The highest BCUT2D eigenvalue weighted by Crippen LogP contribution is 2.15. The number of carbonyl (C=O) groups is 1. The number of aromatic nitrogens is 2. The molecule has 0 unspecified atom stereocenters. The fourth-order valence-electron chi connectivity index (χ4n) is 2.40. The van der Waals surface area contributed by atoms with Crippen molar-refractivity contribution in [1.82, 2.24) is 20.4 Å². The first-order chi connectivity index (χ1) is 8.75. The van der Waals surface area contributed by atoms with Crippen molar-refractivity contribution >= 4 is 5.91 Å². The second kappa shape index (κ2) is 6.54. The molecular weight excluding hydrogens is 228 g/mol. The number of hydrogen-bond donors (Lipinski definition) is 2. The molecule has 1 fully saturated rings. The van der Waals surface area contributed by atoms with Gasteiger partial charge in [0.05, 0.1) is 0 Å². The van der Waals surface area contributed by atoms with Crippen LogP contribution in [0.5, 0.6) is 0 Å². The monoisotopic (exact) mass is 250 g/mol. The van der Waals surface area contributed by atoms with Crippen molar-refractivity contribution < 1.29 is 4.79 Å². The number of aryl methyl sites for hydroxylation is 1. The SMILES string of the molecule is Cn1nccc1CCNC(=O)CC1CCNCC1. The van der Waals surface area contributed by atoms with Crippen molar-refractivity contribution in [2.75, 3.05) is 19.6 Å². The van der Waals surface area contributed by atoms with Crippen molar-refractivity contribution in [3.05, 3.63) is 18.0 Å². The van der Waals surface area contributed by atoms with Crippen LogP contribution in [0.25, 0.3) is 0 Å². The first-order valence-corrected chi connectivity index (χ1v) is 6.70. The summed E-state index contributed by atoms with van der Waals surface area (Å²) in [7, 11) is 1.92. The molecule has 0 spiro atoms. The van der Waals surface area contributed by atoms with Gasteiger partial charge in [0.2, 0.25) is 5.91 Å². The Morgan fingerprint density at radius 3 is 3.00 bits per heavy atom. The van der Waals surface area contributed by atoms with Crippen molar-refractivity contribution in [3.8, 4) is 0 Å². The van der Waals surface area contributed by atoms with Crippen LogP contribution in [-0.2, 0) is 18.3 Å². The number of rotatable bonds is 5. The standard InChI is InChI=1S/C13H22N4O/c1-17-12(5-9-16-17)4-8-15-13(18)10-11-2-6-14-7-3-11/h5,9,11,14H,2-4,6-8,10H2,1H3,(H,15,18). The van der Waals surface area contributed by atoms with Gasteiger partial charge in [0.25, 0.3) is 0 Å². The van der Waals surface area contributed by atoms with Crippen molar-refractivity contribution in [1.29, 1.82) is 0 Å². The van der Waals surface area contributed by atoms with Gasteiger partial charge >= 0.3 is 0 Å². The van der Waals surface area contributed by atoms with E-state index in [1.807, 2.05) is 17.8 Å². The average molecular weight is 250 g/mol. The van der Waals surface area contributed by atoms with E-state index in [1.165, 1.54) is 0 Å². The molecule has 1 amide bonds. The maximum Gasteiger partial charge on any atom is 0.220 e. The second-order valence-corrected chi connectivity index (χ2v) is 4.94. The highest BCUT2D eigenvalue weighted by molar-refractivity contribution is 5.76. The van der Waals surface area contributed by atoms with Gasteiger partial charge in [-0.15, -0.1) is 0 Å². The van der Waals surface area contributed by atoms with Crippen LogP contribution >= 0.6 is 0 Å². The van der Waals surface area contributed by atoms with Crippen LogP contribution in [0.3, 0.4) is 0 Å². The van der Waals surface area contributed by atoms with E-state index in [0.29, 0.717) is 18.9 Å². The topological polar surface area (TPSA) is 59.0 Å². The molecule has 5 nitrogen and oxygen atoms in total. The van der Waals surface area contributed by atoms with E-state index >= 15 is 0 Å². The van der Waals surface area contributed by atoms with Crippen LogP contribution in [-0.4, -0.2) is 35.3 Å². The third kappa shape index (κ3) is 3.84. The second-order valence-electron chi connectivity index (χ2n) is 4.94. The van der Waals surface area contributed by atoms with Crippen molar-refractivity contribution in [2.45, 2.75) is 25.7 Å². The molecule has 1 saturated heterocycles. The van der Waals surface area contributed by atoms with Gasteiger partial charge in [-0.1, -0.05) is 0 Å². The van der Waals surface area contributed by atoms with Crippen molar-refractivity contribution in [3.63, 3.8) is 0 Å². The summed E-state index contributed by atoms with van der Waals surface area (Å²) in [5, 5.41) is 10.4. The number of nitrogens with zero attached hydrogens (tertiary/aromatic N) is 2. The predicted octanol–water partition coefficient (Wildman–Crippen LogP) is 0.469. The Morgan fingerprint density at radius 2 is 2.33 bits per heavy atom. The summed E-state index contributed by atoms with van der Waals surface area (Å²) in [5.74, 6) is 0.743. The van der Waals surface area contributed by atoms with E-state index in [4.69, 9.17) is 0 Å². The number of carbonyl (C=O) groups excluding carboxylic acids is 1. The van der Waals surface area contributed by atoms with Gasteiger partial charge in [-0.25, -0.2) is 0 Å². The summed E-state index contributed by atoms with van der Waals surface area (Å²) in [4.78, 5) is 11.8. The summed E-state index contributed by atoms with van der Waals surface area (Å²) < 4.78 is 1.85. The summed E-state index contributed by atoms with van der Waals surface area (Å²) in [6, 6.07) is 1.99. The Bertz CT molecular complexity index is 382. The van der Waals surface area contributed by atoms with Crippen LogP contribution in [0.1, 0.15) is 25.0 Å². The largest absolute Gasteiger partial charge is 0.356 e. The molecule has 100 valence electrons. The zero-order valence-electron chi connectivity index (χ0n) is 11.0. The molecule has 2 N–H and O–H groups in total.